The summed E-state index contributed by atoms with van der Waals surface area (Å²) in [6.07, 6.45) is -0.0311. The molecule has 32 heavy (non-hydrogen) atoms. The molecular formula is C25H21N3O4. The van der Waals surface area contributed by atoms with E-state index in [9.17, 15) is 4.79 Å². The Morgan fingerprint density at radius 2 is 1.56 bits per heavy atom. The Labute approximate surface area is 185 Å². The molecular weight excluding hydrogens is 406 g/mol. The number of carbonyl (C=O) groups is 1. The van der Waals surface area contributed by atoms with E-state index >= 15 is 0 Å². The van der Waals surface area contributed by atoms with E-state index in [2.05, 4.69) is 10.1 Å². The quantitative estimate of drug-likeness (QED) is 0.442. The Kier molecular flexibility index (Phi) is 5.53. The highest BCUT2D eigenvalue weighted by Gasteiger charge is 2.32. The van der Waals surface area contributed by atoms with Crippen LogP contribution in [-0.4, -0.2) is 46.7 Å². The Balaban J connectivity index is 1.11. The predicted octanol–water partition coefficient (Wildman–Crippen LogP) is 4.07. The fraction of sp³-hybridized carbons (Fsp3) is 0.160. The van der Waals surface area contributed by atoms with Gasteiger partial charge in [-0.25, -0.2) is 0 Å². The summed E-state index contributed by atoms with van der Waals surface area (Å²) in [5.41, 5.74) is 1.72. The van der Waals surface area contributed by atoms with Gasteiger partial charge in [0, 0.05) is 11.1 Å². The van der Waals surface area contributed by atoms with Crippen LogP contribution in [0, 0.1) is 0 Å². The standard InChI is InChI=1S/C25H21N3O4/c29-23(17-30-20-9-5-2-6-10-20)28-15-22(16-28)31-21-13-11-18(12-14-21)24-26-25(32-27-24)19-7-3-1-4-8-19/h1-14,22H,15-17H2. The average Bonchev–Trinajstić information content (AvgIpc) is 3.32. The van der Waals surface area contributed by atoms with Gasteiger partial charge in [0.05, 0.1) is 13.1 Å². The van der Waals surface area contributed by atoms with E-state index in [4.69, 9.17) is 14.0 Å². The molecule has 1 aliphatic rings. The molecule has 7 heteroatoms. The van der Waals surface area contributed by atoms with Crippen molar-refractivity contribution < 1.29 is 18.8 Å². The van der Waals surface area contributed by atoms with Crippen LogP contribution in [-0.2, 0) is 4.79 Å². The summed E-state index contributed by atoms with van der Waals surface area (Å²) >= 11 is 0. The van der Waals surface area contributed by atoms with Crippen molar-refractivity contribution >= 4 is 5.91 Å². The molecule has 2 heterocycles. The maximum Gasteiger partial charge on any atom is 0.260 e. The molecule has 0 saturated carbocycles. The molecule has 1 amide bonds. The molecule has 0 bridgehead atoms. The third-order valence-electron chi connectivity index (χ3n) is 5.17. The van der Waals surface area contributed by atoms with E-state index in [0.717, 1.165) is 16.9 Å². The largest absolute Gasteiger partial charge is 0.487 e. The first-order chi connectivity index (χ1) is 15.7. The minimum absolute atomic E-state index is 0.0289. The van der Waals surface area contributed by atoms with Crippen molar-refractivity contribution in [2.24, 2.45) is 0 Å². The fourth-order valence-electron chi connectivity index (χ4n) is 3.38. The van der Waals surface area contributed by atoms with Gasteiger partial charge in [-0.3, -0.25) is 4.79 Å². The molecule has 1 aromatic heterocycles. The van der Waals surface area contributed by atoms with Gasteiger partial charge in [0.15, 0.2) is 6.61 Å². The summed E-state index contributed by atoms with van der Waals surface area (Å²) < 4.78 is 16.8. The zero-order valence-electron chi connectivity index (χ0n) is 17.3. The van der Waals surface area contributed by atoms with Crippen LogP contribution in [0.4, 0.5) is 0 Å². The first kappa shape index (κ1) is 19.8. The zero-order chi connectivity index (χ0) is 21.8. The predicted molar refractivity (Wildman–Crippen MR) is 118 cm³/mol. The maximum absolute atomic E-state index is 12.2. The Morgan fingerprint density at radius 1 is 0.875 bits per heavy atom. The minimum Gasteiger partial charge on any atom is -0.487 e. The first-order valence-electron chi connectivity index (χ1n) is 10.4. The molecule has 0 spiro atoms. The second-order valence-corrected chi connectivity index (χ2v) is 7.45. The first-order valence-corrected chi connectivity index (χ1v) is 10.4. The van der Waals surface area contributed by atoms with Crippen molar-refractivity contribution in [1.29, 1.82) is 0 Å². The van der Waals surface area contributed by atoms with E-state index in [0.29, 0.717) is 30.6 Å². The molecule has 160 valence electrons. The monoisotopic (exact) mass is 427 g/mol. The van der Waals surface area contributed by atoms with Crippen molar-refractivity contribution in [2.75, 3.05) is 19.7 Å². The summed E-state index contributed by atoms with van der Waals surface area (Å²) in [6, 6.07) is 26.5. The Hall–Kier alpha value is -4.13. The number of ether oxygens (including phenoxy) is 2. The van der Waals surface area contributed by atoms with Crippen molar-refractivity contribution in [3.63, 3.8) is 0 Å². The number of rotatable bonds is 7. The van der Waals surface area contributed by atoms with Gasteiger partial charge in [0.25, 0.3) is 11.8 Å². The highest BCUT2D eigenvalue weighted by molar-refractivity contribution is 5.78. The number of para-hydroxylation sites is 1. The topological polar surface area (TPSA) is 77.7 Å². The van der Waals surface area contributed by atoms with Gasteiger partial charge in [0.1, 0.15) is 17.6 Å². The van der Waals surface area contributed by atoms with E-state index in [1.165, 1.54) is 0 Å². The van der Waals surface area contributed by atoms with Crippen molar-refractivity contribution in [3.8, 4) is 34.3 Å². The highest BCUT2D eigenvalue weighted by atomic mass is 16.5. The van der Waals surface area contributed by atoms with E-state index in [-0.39, 0.29) is 18.6 Å². The summed E-state index contributed by atoms with van der Waals surface area (Å²) in [7, 11) is 0. The maximum atomic E-state index is 12.2. The number of carbonyl (C=O) groups excluding carboxylic acids is 1. The van der Waals surface area contributed by atoms with Gasteiger partial charge in [-0.2, -0.15) is 4.98 Å². The van der Waals surface area contributed by atoms with Crippen LogP contribution in [0.3, 0.4) is 0 Å². The van der Waals surface area contributed by atoms with E-state index in [1.807, 2.05) is 84.9 Å². The molecule has 1 fully saturated rings. The molecule has 0 atom stereocenters. The SMILES string of the molecule is O=C(COc1ccccc1)N1CC(Oc2ccc(-c3noc(-c4ccccc4)n3)cc2)C1. The molecule has 0 N–H and O–H groups in total. The lowest BCUT2D eigenvalue weighted by atomic mass is 10.1. The third-order valence-corrected chi connectivity index (χ3v) is 5.17. The second kappa shape index (κ2) is 8.93. The van der Waals surface area contributed by atoms with Crippen molar-refractivity contribution in [2.45, 2.75) is 6.10 Å². The zero-order valence-corrected chi connectivity index (χ0v) is 17.3. The molecule has 1 aliphatic heterocycles. The van der Waals surface area contributed by atoms with Crippen LogP contribution in [0.2, 0.25) is 0 Å². The van der Waals surface area contributed by atoms with Crippen LogP contribution in [0.5, 0.6) is 11.5 Å². The normalized spacial score (nSPS) is 13.4. The molecule has 5 rings (SSSR count). The summed E-state index contributed by atoms with van der Waals surface area (Å²) in [6.45, 7) is 1.12. The van der Waals surface area contributed by atoms with Crippen LogP contribution >= 0.6 is 0 Å². The van der Waals surface area contributed by atoms with Gasteiger partial charge >= 0.3 is 0 Å². The molecule has 0 aliphatic carbocycles. The number of likely N-dealkylation sites (tertiary alicyclic amines) is 1. The van der Waals surface area contributed by atoms with Gasteiger partial charge in [-0.15, -0.1) is 0 Å². The Morgan fingerprint density at radius 3 is 2.28 bits per heavy atom. The van der Waals surface area contributed by atoms with E-state index < -0.39 is 0 Å². The van der Waals surface area contributed by atoms with Crippen LogP contribution in [0.25, 0.3) is 22.8 Å². The number of hydrogen-bond donors (Lipinski definition) is 0. The lowest BCUT2D eigenvalue weighted by Gasteiger charge is -2.38. The highest BCUT2D eigenvalue weighted by Crippen LogP contribution is 2.25. The minimum atomic E-state index is -0.0459. The van der Waals surface area contributed by atoms with Crippen molar-refractivity contribution in [3.05, 3.63) is 84.9 Å². The summed E-state index contributed by atoms with van der Waals surface area (Å²) in [4.78, 5) is 18.4. The molecule has 0 radical (unpaired) electrons. The summed E-state index contributed by atoms with van der Waals surface area (Å²) in [5.74, 6) is 2.38. The smallest absolute Gasteiger partial charge is 0.260 e. The van der Waals surface area contributed by atoms with Crippen LogP contribution < -0.4 is 9.47 Å². The third kappa shape index (κ3) is 4.46. The van der Waals surface area contributed by atoms with Crippen LogP contribution in [0.15, 0.2) is 89.5 Å². The number of nitrogens with zero attached hydrogens (tertiary/aromatic N) is 3. The average molecular weight is 427 g/mol. The number of benzene rings is 3. The van der Waals surface area contributed by atoms with Gasteiger partial charge in [-0.1, -0.05) is 41.6 Å². The second-order valence-electron chi connectivity index (χ2n) is 7.45. The number of amides is 1. The van der Waals surface area contributed by atoms with Gasteiger partial charge in [-0.05, 0) is 48.5 Å². The lowest BCUT2D eigenvalue weighted by molar-refractivity contribution is -0.142. The summed E-state index contributed by atoms with van der Waals surface area (Å²) in [5, 5.41) is 4.07. The lowest BCUT2D eigenvalue weighted by Crippen LogP contribution is -2.57. The molecule has 0 unspecified atom stereocenters. The molecule has 7 nitrogen and oxygen atoms in total. The molecule has 1 saturated heterocycles. The fourth-order valence-corrected chi connectivity index (χ4v) is 3.38. The van der Waals surface area contributed by atoms with E-state index in [1.54, 1.807) is 4.90 Å². The van der Waals surface area contributed by atoms with Crippen LogP contribution in [0.1, 0.15) is 0 Å². The van der Waals surface area contributed by atoms with Gasteiger partial charge in [0.2, 0.25) is 5.82 Å². The Bertz CT molecular complexity index is 1170. The van der Waals surface area contributed by atoms with Gasteiger partial charge < -0.3 is 18.9 Å². The number of aromatic nitrogens is 2. The number of hydrogen-bond acceptors (Lipinski definition) is 6. The molecule has 4 aromatic rings. The van der Waals surface area contributed by atoms with Crippen molar-refractivity contribution in [1.82, 2.24) is 15.0 Å². The molecule has 3 aromatic carbocycles.